The van der Waals surface area contributed by atoms with E-state index in [0.29, 0.717) is 19.3 Å². The highest BCUT2D eigenvalue weighted by atomic mass is 16.3. The Morgan fingerprint density at radius 3 is 2.47 bits per heavy atom. The SMILES string of the molecule is O=C1CCC(O)C1Cc1ccc(O)cc1. The molecule has 2 rings (SSSR count). The van der Waals surface area contributed by atoms with Gasteiger partial charge in [-0.05, 0) is 30.5 Å². The summed E-state index contributed by atoms with van der Waals surface area (Å²) in [6.45, 7) is 0. The van der Waals surface area contributed by atoms with Crippen molar-refractivity contribution in [3.63, 3.8) is 0 Å². The number of phenols is 1. The zero-order valence-electron chi connectivity index (χ0n) is 8.39. The lowest BCUT2D eigenvalue weighted by molar-refractivity contribution is -0.121. The van der Waals surface area contributed by atoms with Crippen LogP contribution in [0.3, 0.4) is 0 Å². The van der Waals surface area contributed by atoms with Gasteiger partial charge in [0, 0.05) is 12.3 Å². The molecule has 0 amide bonds. The molecule has 0 spiro atoms. The van der Waals surface area contributed by atoms with E-state index in [1.54, 1.807) is 24.3 Å². The Hall–Kier alpha value is -1.35. The second-order valence-electron chi connectivity index (χ2n) is 4.05. The maximum absolute atomic E-state index is 11.4. The Kier molecular flexibility index (Phi) is 2.73. The van der Waals surface area contributed by atoms with Gasteiger partial charge in [-0.25, -0.2) is 0 Å². The molecule has 1 aliphatic carbocycles. The van der Waals surface area contributed by atoms with Gasteiger partial charge in [0.25, 0.3) is 0 Å². The van der Waals surface area contributed by atoms with E-state index in [2.05, 4.69) is 0 Å². The van der Waals surface area contributed by atoms with Crippen molar-refractivity contribution in [2.45, 2.75) is 25.4 Å². The Morgan fingerprint density at radius 2 is 1.93 bits per heavy atom. The van der Waals surface area contributed by atoms with Crippen LogP contribution in [0.15, 0.2) is 24.3 Å². The van der Waals surface area contributed by atoms with E-state index in [1.165, 1.54) is 0 Å². The molecule has 1 aliphatic rings. The lowest BCUT2D eigenvalue weighted by Gasteiger charge is -2.12. The van der Waals surface area contributed by atoms with Gasteiger partial charge in [-0.15, -0.1) is 0 Å². The van der Waals surface area contributed by atoms with Gasteiger partial charge in [-0.1, -0.05) is 12.1 Å². The van der Waals surface area contributed by atoms with Crippen LogP contribution in [-0.2, 0) is 11.2 Å². The van der Waals surface area contributed by atoms with Gasteiger partial charge >= 0.3 is 0 Å². The molecule has 0 saturated heterocycles. The summed E-state index contributed by atoms with van der Waals surface area (Å²) in [7, 11) is 0. The predicted molar refractivity (Wildman–Crippen MR) is 55.5 cm³/mol. The number of hydrogen-bond acceptors (Lipinski definition) is 3. The number of aromatic hydroxyl groups is 1. The highest BCUT2D eigenvalue weighted by Crippen LogP contribution is 2.26. The van der Waals surface area contributed by atoms with E-state index in [0.717, 1.165) is 5.56 Å². The molecule has 80 valence electrons. The van der Waals surface area contributed by atoms with Crippen LogP contribution in [0.2, 0.25) is 0 Å². The van der Waals surface area contributed by atoms with Crippen molar-refractivity contribution in [1.29, 1.82) is 0 Å². The van der Waals surface area contributed by atoms with Gasteiger partial charge in [0.2, 0.25) is 0 Å². The van der Waals surface area contributed by atoms with Gasteiger partial charge in [0.1, 0.15) is 11.5 Å². The number of carbonyl (C=O) groups is 1. The summed E-state index contributed by atoms with van der Waals surface area (Å²) in [5.41, 5.74) is 0.979. The zero-order valence-corrected chi connectivity index (χ0v) is 8.39. The molecule has 2 N–H and O–H groups in total. The molecule has 0 heterocycles. The number of benzene rings is 1. The van der Waals surface area contributed by atoms with Crippen molar-refractivity contribution >= 4 is 5.78 Å². The van der Waals surface area contributed by atoms with E-state index in [9.17, 15) is 9.90 Å². The number of rotatable bonds is 2. The van der Waals surface area contributed by atoms with E-state index in [4.69, 9.17) is 5.11 Å². The van der Waals surface area contributed by atoms with Gasteiger partial charge in [-0.2, -0.15) is 0 Å². The number of aliphatic hydroxyl groups excluding tert-OH is 1. The normalized spacial score (nSPS) is 25.8. The van der Waals surface area contributed by atoms with Crippen molar-refractivity contribution in [3.05, 3.63) is 29.8 Å². The van der Waals surface area contributed by atoms with Gasteiger partial charge in [0.05, 0.1) is 6.10 Å². The predicted octanol–water partition coefficient (Wildman–Crippen LogP) is 1.27. The summed E-state index contributed by atoms with van der Waals surface area (Å²) in [6.07, 6.45) is 1.15. The smallest absolute Gasteiger partial charge is 0.138 e. The largest absolute Gasteiger partial charge is 0.508 e. The van der Waals surface area contributed by atoms with Crippen molar-refractivity contribution in [1.82, 2.24) is 0 Å². The molecule has 0 aromatic heterocycles. The summed E-state index contributed by atoms with van der Waals surface area (Å²) in [5, 5.41) is 18.7. The van der Waals surface area contributed by atoms with E-state index < -0.39 is 6.10 Å². The highest BCUT2D eigenvalue weighted by Gasteiger charge is 2.32. The first-order valence-corrected chi connectivity index (χ1v) is 5.15. The molecule has 1 saturated carbocycles. The third-order valence-electron chi connectivity index (χ3n) is 2.96. The summed E-state index contributed by atoms with van der Waals surface area (Å²) >= 11 is 0. The van der Waals surface area contributed by atoms with Crippen molar-refractivity contribution in [3.8, 4) is 5.75 Å². The molecule has 1 aromatic carbocycles. The van der Waals surface area contributed by atoms with Crippen molar-refractivity contribution in [2.75, 3.05) is 0 Å². The third kappa shape index (κ3) is 2.18. The Balaban J connectivity index is 2.08. The van der Waals surface area contributed by atoms with Gasteiger partial charge in [-0.3, -0.25) is 4.79 Å². The lowest BCUT2D eigenvalue weighted by Crippen LogP contribution is -2.21. The molecule has 1 fully saturated rings. The number of hydrogen-bond donors (Lipinski definition) is 2. The monoisotopic (exact) mass is 206 g/mol. The minimum absolute atomic E-state index is 0.149. The maximum atomic E-state index is 11.4. The van der Waals surface area contributed by atoms with E-state index in [-0.39, 0.29) is 17.5 Å². The van der Waals surface area contributed by atoms with Crippen LogP contribution in [0.1, 0.15) is 18.4 Å². The quantitative estimate of drug-likeness (QED) is 0.766. The molecule has 1 aromatic rings. The first-order valence-electron chi connectivity index (χ1n) is 5.15. The number of phenolic OH excluding ortho intramolecular Hbond substituents is 1. The highest BCUT2D eigenvalue weighted by molar-refractivity contribution is 5.84. The molecule has 0 aliphatic heterocycles. The van der Waals surface area contributed by atoms with Crippen LogP contribution in [-0.4, -0.2) is 22.1 Å². The van der Waals surface area contributed by atoms with Crippen molar-refractivity contribution in [2.24, 2.45) is 5.92 Å². The average Bonchev–Trinajstić information content (AvgIpc) is 2.53. The summed E-state index contributed by atoms with van der Waals surface area (Å²) in [5.74, 6) is 0.113. The van der Waals surface area contributed by atoms with Crippen LogP contribution in [0.5, 0.6) is 5.75 Å². The van der Waals surface area contributed by atoms with Crippen LogP contribution in [0.4, 0.5) is 0 Å². The van der Waals surface area contributed by atoms with Crippen LogP contribution >= 0.6 is 0 Å². The first kappa shape index (κ1) is 10.2. The van der Waals surface area contributed by atoms with E-state index in [1.807, 2.05) is 0 Å². The topological polar surface area (TPSA) is 57.5 Å². The number of Topliss-reactive ketones (excluding diaryl/α,β-unsaturated/α-hetero) is 1. The van der Waals surface area contributed by atoms with Crippen molar-refractivity contribution < 1.29 is 15.0 Å². The van der Waals surface area contributed by atoms with Crippen LogP contribution < -0.4 is 0 Å². The molecule has 0 radical (unpaired) electrons. The number of ketones is 1. The van der Waals surface area contributed by atoms with Gasteiger partial charge < -0.3 is 10.2 Å². The molecule has 15 heavy (non-hydrogen) atoms. The fourth-order valence-corrected chi connectivity index (χ4v) is 2.03. The molecule has 2 atom stereocenters. The molecular weight excluding hydrogens is 192 g/mol. The second kappa shape index (κ2) is 4.03. The van der Waals surface area contributed by atoms with Crippen LogP contribution in [0.25, 0.3) is 0 Å². The fourth-order valence-electron chi connectivity index (χ4n) is 2.03. The standard InChI is InChI=1S/C12H14O3/c13-9-3-1-8(2-4-9)7-10-11(14)5-6-12(10)15/h1-4,10-11,13-14H,5-7H2. The van der Waals surface area contributed by atoms with Crippen LogP contribution in [0, 0.1) is 5.92 Å². The lowest BCUT2D eigenvalue weighted by atomic mass is 9.95. The minimum Gasteiger partial charge on any atom is -0.508 e. The third-order valence-corrected chi connectivity index (χ3v) is 2.96. The summed E-state index contributed by atoms with van der Waals surface area (Å²) < 4.78 is 0. The maximum Gasteiger partial charge on any atom is 0.138 e. The average molecular weight is 206 g/mol. The molecular formula is C12H14O3. The van der Waals surface area contributed by atoms with E-state index >= 15 is 0 Å². The Morgan fingerprint density at radius 1 is 1.27 bits per heavy atom. The molecule has 3 heteroatoms. The molecule has 2 unspecified atom stereocenters. The summed E-state index contributed by atoms with van der Waals surface area (Å²) in [4.78, 5) is 11.4. The zero-order chi connectivity index (χ0) is 10.8. The second-order valence-corrected chi connectivity index (χ2v) is 4.05. The Bertz CT molecular complexity index is 356. The minimum atomic E-state index is -0.494. The Labute approximate surface area is 88.4 Å². The number of aliphatic hydroxyl groups is 1. The molecule has 3 nitrogen and oxygen atoms in total. The number of carbonyl (C=O) groups excluding carboxylic acids is 1. The van der Waals surface area contributed by atoms with Gasteiger partial charge in [0.15, 0.2) is 0 Å². The molecule has 0 bridgehead atoms. The summed E-state index contributed by atoms with van der Waals surface area (Å²) in [6, 6.07) is 6.77. The fraction of sp³-hybridized carbons (Fsp3) is 0.417. The first-order chi connectivity index (χ1) is 7.16.